The van der Waals surface area contributed by atoms with E-state index in [0.29, 0.717) is 5.92 Å². The zero-order valence-electron chi connectivity index (χ0n) is 9.83. The van der Waals surface area contributed by atoms with Crippen LogP contribution in [0.2, 0.25) is 0 Å². The molecule has 2 nitrogen and oxygen atoms in total. The smallest absolute Gasteiger partial charge is 0.121 e. The Morgan fingerprint density at radius 1 is 1.47 bits per heavy atom. The molecule has 0 aromatic carbocycles. The molecule has 0 saturated heterocycles. The molecule has 1 N–H and O–H groups in total. The van der Waals surface area contributed by atoms with Crippen molar-refractivity contribution in [3.8, 4) is 0 Å². The van der Waals surface area contributed by atoms with Gasteiger partial charge in [0.2, 0.25) is 0 Å². The Morgan fingerprint density at radius 3 is 2.80 bits per heavy atom. The molecule has 1 saturated carbocycles. The third-order valence-corrected chi connectivity index (χ3v) is 3.98. The topological polar surface area (TPSA) is 29.5 Å². The number of hydrogen-bond donors (Lipinski definition) is 1. The van der Waals surface area contributed by atoms with Crippen molar-refractivity contribution in [1.82, 2.24) is 0 Å². The average molecular weight is 210 g/mol. The second-order valence-electron chi connectivity index (χ2n) is 5.53. The summed E-state index contributed by atoms with van der Waals surface area (Å²) in [4.78, 5) is 0. The van der Waals surface area contributed by atoms with Crippen LogP contribution in [0.25, 0.3) is 0 Å². The van der Waals surface area contributed by atoms with Gasteiger partial charge < -0.3 is 9.84 Å². The van der Waals surface area contributed by atoms with Crippen molar-refractivity contribution in [3.05, 3.63) is 11.8 Å². The molecule has 2 heteroatoms. The van der Waals surface area contributed by atoms with Gasteiger partial charge in [0.05, 0.1) is 6.61 Å². The van der Waals surface area contributed by atoms with Crippen LogP contribution in [0.1, 0.15) is 46.0 Å². The van der Waals surface area contributed by atoms with E-state index >= 15 is 0 Å². The van der Waals surface area contributed by atoms with Crippen molar-refractivity contribution < 1.29 is 9.84 Å². The van der Waals surface area contributed by atoms with E-state index in [9.17, 15) is 5.11 Å². The van der Waals surface area contributed by atoms with E-state index < -0.39 is 0 Å². The Hall–Kier alpha value is -0.500. The van der Waals surface area contributed by atoms with Gasteiger partial charge in [0, 0.05) is 0 Å². The second kappa shape index (κ2) is 4.17. The zero-order valence-corrected chi connectivity index (χ0v) is 9.83. The van der Waals surface area contributed by atoms with Crippen LogP contribution in [-0.4, -0.2) is 17.8 Å². The lowest BCUT2D eigenvalue weighted by Crippen LogP contribution is -2.32. The number of ether oxygens (including phenoxy) is 1. The zero-order chi connectivity index (χ0) is 10.9. The summed E-state index contributed by atoms with van der Waals surface area (Å²) in [5.74, 6) is 1.21. The molecule has 1 heterocycles. The van der Waals surface area contributed by atoms with Gasteiger partial charge in [-0.3, -0.25) is 0 Å². The van der Waals surface area contributed by atoms with E-state index in [4.69, 9.17) is 4.74 Å². The first-order valence-electron chi connectivity index (χ1n) is 6.12. The normalized spacial score (nSPS) is 31.9. The van der Waals surface area contributed by atoms with Crippen LogP contribution in [0.15, 0.2) is 11.8 Å². The average Bonchev–Trinajstić information content (AvgIpc) is 2.58. The Kier molecular flexibility index (Phi) is 3.06. The molecule has 2 atom stereocenters. The van der Waals surface area contributed by atoms with Crippen molar-refractivity contribution in [2.45, 2.75) is 52.1 Å². The maximum absolute atomic E-state index is 10.3. The minimum Gasteiger partial charge on any atom is -0.495 e. The Labute approximate surface area is 92.3 Å². The molecule has 2 aliphatic rings. The molecule has 0 amide bonds. The SMILES string of the molecule is CC1(C)CCCC1C(O)C1=CCCCO1. The molecule has 0 aromatic rings. The lowest BCUT2D eigenvalue weighted by molar-refractivity contribution is 0.0225. The summed E-state index contributed by atoms with van der Waals surface area (Å²) >= 11 is 0. The van der Waals surface area contributed by atoms with E-state index in [0.717, 1.165) is 31.6 Å². The number of aliphatic hydroxyl groups is 1. The highest BCUT2D eigenvalue weighted by Crippen LogP contribution is 2.46. The van der Waals surface area contributed by atoms with Gasteiger partial charge in [-0.25, -0.2) is 0 Å². The Balaban J connectivity index is 2.06. The molecule has 0 radical (unpaired) electrons. The fourth-order valence-corrected chi connectivity index (χ4v) is 2.92. The van der Waals surface area contributed by atoms with Crippen molar-refractivity contribution in [1.29, 1.82) is 0 Å². The summed E-state index contributed by atoms with van der Waals surface area (Å²) in [6, 6.07) is 0. The summed E-state index contributed by atoms with van der Waals surface area (Å²) in [5, 5.41) is 10.3. The summed E-state index contributed by atoms with van der Waals surface area (Å²) in [6.07, 6.45) is 7.44. The molecular formula is C13H22O2. The number of allylic oxidation sites excluding steroid dienone is 1. The summed E-state index contributed by atoms with van der Waals surface area (Å²) in [6.45, 7) is 5.30. The quantitative estimate of drug-likeness (QED) is 0.759. The monoisotopic (exact) mass is 210 g/mol. The standard InChI is InChI=1S/C13H22O2/c1-13(2)8-5-6-10(13)12(14)11-7-3-4-9-15-11/h7,10,12,14H,3-6,8-9H2,1-2H3. The number of aliphatic hydroxyl groups excluding tert-OH is 1. The molecule has 0 aromatic heterocycles. The van der Waals surface area contributed by atoms with Crippen LogP contribution >= 0.6 is 0 Å². The van der Waals surface area contributed by atoms with E-state index in [1.165, 1.54) is 12.8 Å². The second-order valence-corrected chi connectivity index (χ2v) is 5.53. The maximum Gasteiger partial charge on any atom is 0.121 e. The highest BCUT2D eigenvalue weighted by atomic mass is 16.5. The molecule has 86 valence electrons. The summed E-state index contributed by atoms with van der Waals surface area (Å²) in [5.41, 5.74) is 0.265. The molecule has 15 heavy (non-hydrogen) atoms. The first-order chi connectivity index (χ1) is 7.11. The minimum atomic E-state index is -0.372. The first-order valence-corrected chi connectivity index (χ1v) is 6.12. The molecule has 0 bridgehead atoms. The van der Waals surface area contributed by atoms with Crippen molar-refractivity contribution in [3.63, 3.8) is 0 Å². The van der Waals surface area contributed by atoms with Crippen molar-refractivity contribution in [2.24, 2.45) is 11.3 Å². The fourth-order valence-electron chi connectivity index (χ4n) is 2.92. The molecule has 1 fully saturated rings. The molecule has 0 spiro atoms. The van der Waals surface area contributed by atoms with Gasteiger partial charge in [0.15, 0.2) is 0 Å². The fraction of sp³-hybridized carbons (Fsp3) is 0.846. The van der Waals surface area contributed by atoms with Crippen LogP contribution in [0.3, 0.4) is 0 Å². The highest BCUT2D eigenvalue weighted by Gasteiger charge is 2.40. The molecule has 2 unspecified atom stereocenters. The van der Waals surface area contributed by atoms with Crippen LogP contribution in [0, 0.1) is 11.3 Å². The van der Waals surface area contributed by atoms with Gasteiger partial charge in [-0.05, 0) is 43.1 Å². The van der Waals surface area contributed by atoms with E-state index in [1.54, 1.807) is 0 Å². The summed E-state index contributed by atoms with van der Waals surface area (Å²) < 4.78 is 5.56. The molecular weight excluding hydrogens is 188 g/mol. The number of rotatable bonds is 2. The van der Waals surface area contributed by atoms with Crippen LogP contribution < -0.4 is 0 Å². The predicted molar refractivity (Wildman–Crippen MR) is 60.4 cm³/mol. The Morgan fingerprint density at radius 2 is 2.27 bits per heavy atom. The summed E-state index contributed by atoms with van der Waals surface area (Å²) in [7, 11) is 0. The molecule has 1 aliphatic heterocycles. The lowest BCUT2D eigenvalue weighted by Gasteiger charge is -2.33. The van der Waals surface area contributed by atoms with Crippen molar-refractivity contribution in [2.75, 3.05) is 6.61 Å². The third kappa shape index (κ3) is 2.20. The van der Waals surface area contributed by atoms with Gasteiger partial charge in [0.1, 0.15) is 11.9 Å². The van der Waals surface area contributed by atoms with Gasteiger partial charge in [-0.1, -0.05) is 20.3 Å². The van der Waals surface area contributed by atoms with Crippen molar-refractivity contribution >= 4 is 0 Å². The van der Waals surface area contributed by atoms with Gasteiger partial charge in [-0.15, -0.1) is 0 Å². The van der Waals surface area contributed by atoms with Crippen LogP contribution in [-0.2, 0) is 4.74 Å². The van der Waals surface area contributed by atoms with E-state index in [-0.39, 0.29) is 11.5 Å². The van der Waals surface area contributed by atoms with Gasteiger partial charge in [0.25, 0.3) is 0 Å². The van der Waals surface area contributed by atoms with E-state index in [2.05, 4.69) is 19.9 Å². The first kappa shape index (κ1) is 11.0. The van der Waals surface area contributed by atoms with Crippen LogP contribution in [0.4, 0.5) is 0 Å². The third-order valence-electron chi connectivity index (χ3n) is 3.98. The minimum absolute atomic E-state index is 0.265. The highest BCUT2D eigenvalue weighted by molar-refractivity contribution is 5.07. The lowest BCUT2D eigenvalue weighted by atomic mass is 9.78. The maximum atomic E-state index is 10.3. The molecule has 1 aliphatic carbocycles. The molecule has 2 rings (SSSR count). The number of hydrogen-bond acceptors (Lipinski definition) is 2. The van der Waals surface area contributed by atoms with Gasteiger partial charge in [-0.2, -0.15) is 0 Å². The predicted octanol–water partition coefficient (Wildman–Crippen LogP) is 2.87. The Bertz CT molecular complexity index is 255. The van der Waals surface area contributed by atoms with E-state index in [1.807, 2.05) is 0 Å². The largest absolute Gasteiger partial charge is 0.495 e. The van der Waals surface area contributed by atoms with Crippen LogP contribution in [0.5, 0.6) is 0 Å². The van der Waals surface area contributed by atoms with Gasteiger partial charge >= 0.3 is 0 Å².